The number of benzene rings is 1. The molecule has 1 aliphatic rings. The second-order valence-electron chi connectivity index (χ2n) is 7.72. The van der Waals surface area contributed by atoms with Crippen molar-refractivity contribution in [3.63, 3.8) is 0 Å². The molecule has 1 aromatic rings. The monoisotopic (exact) mass is 318 g/mol. The summed E-state index contributed by atoms with van der Waals surface area (Å²) in [5.41, 5.74) is 3.49. The van der Waals surface area contributed by atoms with E-state index in [9.17, 15) is 4.79 Å². The van der Waals surface area contributed by atoms with Crippen molar-refractivity contribution in [2.75, 3.05) is 14.1 Å². The van der Waals surface area contributed by atoms with Crippen LogP contribution in [0.2, 0.25) is 0 Å². The number of fused-ring (bicyclic) bond motifs is 1. The van der Waals surface area contributed by atoms with Gasteiger partial charge in [-0.25, -0.2) is 4.79 Å². The Balaban J connectivity index is 2.20. The van der Waals surface area contributed by atoms with Crippen LogP contribution in [0.4, 0.5) is 4.79 Å². The molecule has 0 aliphatic carbocycles. The van der Waals surface area contributed by atoms with Gasteiger partial charge in [-0.3, -0.25) is 0 Å². The van der Waals surface area contributed by atoms with E-state index in [-0.39, 0.29) is 12.1 Å². The number of amides is 1. The maximum absolute atomic E-state index is 12.5. The summed E-state index contributed by atoms with van der Waals surface area (Å²) in [4.78, 5) is 16.6. The molecule has 0 aromatic heterocycles. The van der Waals surface area contributed by atoms with Crippen LogP contribution in [0.15, 0.2) is 18.2 Å². The van der Waals surface area contributed by atoms with E-state index in [0.29, 0.717) is 6.54 Å². The van der Waals surface area contributed by atoms with Crippen LogP contribution < -0.4 is 0 Å². The highest BCUT2D eigenvalue weighted by atomic mass is 16.6. The fourth-order valence-electron chi connectivity index (χ4n) is 3.06. The summed E-state index contributed by atoms with van der Waals surface area (Å²) >= 11 is 0. The fourth-order valence-corrected chi connectivity index (χ4v) is 3.06. The minimum absolute atomic E-state index is 0.202. The lowest BCUT2D eigenvalue weighted by molar-refractivity contribution is 0.0115. The summed E-state index contributed by atoms with van der Waals surface area (Å²) in [6.45, 7) is 9.47. The summed E-state index contributed by atoms with van der Waals surface area (Å²) in [6, 6.07) is 6.84. The minimum atomic E-state index is -0.453. The van der Waals surface area contributed by atoms with Gasteiger partial charge in [-0.15, -0.1) is 0 Å². The Bertz CT molecular complexity index is 561. The van der Waals surface area contributed by atoms with Gasteiger partial charge in [0.15, 0.2) is 0 Å². The highest BCUT2D eigenvalue weighted by Crippen LogP contribution is 2.27. The van der Waals surface area contributed by atoms with Gasteiger partial charge in [-0.1, -0.05) is 25.1 Å². The van der Waals surface area contributed by atoms with E-state index in [1.54, 1.807) is 0 Å². The third-order valence-electron chi connectivity index (χ3n) is 4.11. The van der Waals surface area contributed by atoms with Crippen LogP contribution in [0, 0.1) is 0 Å². The predicted octanol–water partition coefficient (Wildman–Crippen LogP) is 3.82. The Hall–Kier alpha value is -1.55. The number of carbonyl (C=O) groups excluding carboxylic acids is 1. The largest absolute Gasteiger partial charge is 0.444 e. The second kappa shape index (κ2) is 6.91. The average Bonchev–Trinajstić information content (AvgIpc) is 2.43. The standard InChI is InChI=1S/C19H30N2O2/c1-7-17-11-16-10-14(12-20(5)6)8-9-15(16)13-21(17)18(22)23-19(2,3)4/h8-10,17H,7,11-13H2,1-6H3. The molecule has 0 N–H and O–H groups in total. The van der Waals surface area contributed by atoms with E-state index in [4.69, 9.17) is 4.74 Å². The van der Waals surface area contributed by atoms with Crippen molar-refractivity contribution in [1.82, 2.24) is 9.80 Å². The van der Waals surface area contributed by atoms with E-state index in [1.165, 1.54) is 16.7 Å². The van der Waals surface area contributed by atoms with Crippen LogP contribution in [0.1, 0.15) is 50.8 Å². The summed E-state index contributed by atoms with van der Waals surface area (Å²) < 4.78 is 5.58. The number of nitrogens with zero attached hydrogens (tertiary/aromatic N) is 2. The molecule has 0 radical (unpaired) electrons. The molecule has 1 unspecified atom stereocenters. The van der Waals surface area contributed by atoms with Crippen molar-refractivity contribution >= 4 is 6.09 Å². The zero-order chi connectivity index (χ0) is 17.2. The van der Waals surface area contributed by atoms with Crippen LogP contribution in [0.25, 0.3) is 0 Å². The zero-order valence-electron chi connectivity index (χ0n) is 15.3. The summed E-state index contributed by atoms with van der Waals surface area (Å²) in [5.74, 6) is 0. The van der Waals surface area contributed by atoms with Crippen LogP contribution in [0.5, 0.6) is 0 Å². The fraction of sp³-hybridized carbons (Fsp3) is 0.632. The zero-order valence-corrected chi connectivity index (χ0v) is 15.3. The van der Waals surface area contributed by atoms with Crippen LogP contribution in [-0.2, 0) is 24.2 Å². The number of carbonyl (C=O) groups is 1. The SMILES string of the molecule is CCC1Cc2cc(CN(C)C)ccc2CN1C(=O)OC(C)(C)C. The molecule has 4 heteroatoms. The predicted molar refractivity (Wildman–Crippen MR) is 93.4 cm³/mol. The molecule has 0 saturated heterocycles. The first-order valence-electron chi connectivity index (χ1n) is 8.44. The Morgan fingerprint density at radius 2 is 2.00 bits per heavy atom. The first kappa shape index (κ1) is 17.8. The number of hydrogen-bond donors (Lipinski definition) is 0. The molecule has 1 heterocycles. The molecule has 0 spiro atoms. The number of rotatable bonds is 3. The first-order chi connectivity index (χ1) is 10.7. The topological polar surface area (TPSA) is 32.8 Å². The van der Waals surface area contributed by atoms with Gasteiger partial charge in [0, 0.05) is 19.1 Å². The van der Waals surface area contributed by atoms with E-state index in [0.717, 1.165) is 19.4 Å². The molecule has 1 aromatic carbocycles. The smallest absolute Gasteiger partial charge is 0.410 e. The van der Waals surface area contributed by atoms with Gasteiger partial charge in [0.1, 0.15) is 5.60 Å². The molecule has 2 rings (SSSR count). The molecule has 23 heavy (non-hydrogen) atoms. The third-order valence-corrected chi connectivity index (χ3v) is 4.11. The molecule has 0 fully saturated rings. The number of ether oxygens (including phenoxy) is 1. The molecule has 0 bridgehead atoms. The van der Waals surface area contributed by atoms with E-state index < -0.39 is 5.60 Å². The Morgan fingerprint density at radius 3 is 2.57 bits per heavy atom. The van der Waals surface area contributed by atoms with Crippen molar-refractivity contribution < 1.29 is 9.53 Å². The molecule has 1 aliphatic heterocycles. The Kier molecular flexibility index (Phi) is 5.35. The minimum Gasteiger partial charge on any atom is -0.444 e. The van der Waals surface area contributed by atoms with Crippen LogP contribution >= 0.6 is 0 Å². The van der Waals surface area contributed by atoms with Crippen molar-refractivity contribution in [1.29, 1.82) is 0 Å². The lowest BCUT2D eigenvalue weighted by Crippen LogP contribution is -2.46. The lowest BCUT2D eigenvalue weighted by atomic mass is 9.91. The van der Waals surface area contributed by atoms with Crippen molar-refractivity contribution in [3.05, 3.63) is 34.9 Å². The average molecular weight is 318 g/mol. The highest BCUT2D eigenvalue weighted by molar-refractivity contribution is 5.69. The van der Waals surface area contributed by atoms with Crippen molar-refractivity contribution in [2.45, 2.75) is 65.3 Å². The molecule has 1 atom stereocenters. The summed E-state index contributed by atoms with van der Waals surface area (Å²) in [5, 5.41) is 0. The van der Waals surface area contributed by atoms with Crippen LogP contribution in [-0.4, -0.2) is 41.6 Å². The van der Waals surface area contributed by atoms with Crippen LogP contribution in [0.3, 0.4) is 0 Å². The normalized spacial score (nSPS) is 18.0. The van der Waals surface area contributed by atoms with Gasteiger partial charge in [0.2, 0.25) is 0 Å². The molecular formula is C19H30N2O2. The third kappa shape index (κ3) is 4.71. The van der Waals surface area contributed by atoms with Crippen molar-refractivity contribution in [2.24, 2.45) is 0 Å². The quantitative estimate of drug-likeness (QED) is 0.849. The Labute approximate surface area is 140 Å². The Morgan fingerprint density at radius 1 is 1.30 bits per heavy atom. The van der Waals surface area contributed by atoms with Gasteiger partial charge >= 0.3 is 6.09 Å². The molecule has 4 nitrogen and oxygen atoms in total. The van der Waals surface area contributed by atoms with E-state index >= 15 is 0 Å². The molecule has 0 saturated carbocycles. The van der Waals surface area contributed by atoms with E-state index in [2.05, 4.69) is 44.1 Å². The van der Waals surface area contributed by atoms with Gasteiger partial charge in [0.25, 0.3) is 0 Å². The van der Waals surface area contributed by atoms with Gasteiger partial charge in [0.05, 0.1) is 0 Å². The molecular weight excluding hydrogens is 288 g/mol. The second-order valence-corrected chi connectivity index (χ2v) is 7.72. The first-order valence-corrected chi connectivity index (χ1v) is 8.44. The van der Waals surface area contributed by atoms with Gasteiger partial charge < -0.3 is 14.5 Å². The van der Waals surface area contributed by atoms with Crippen molar-refractivity contribution in [3.8, 4) is 0 Å². The highest BCUT2D eigenvalue weighted by Gasteiger charge is 2.31. The van der Waals surface area contributed by atoms with Gasteiger partial charge in [-0.05, 0) is 64.4 Å². The summed E-state index contributed by atoms with van der Waals surface area (Å²) in [6.07, 6.45) is 1.65. The molecule has 1 amide bonds. The maximum Gasteiger partial charge on any atom is 0.410 e. The number of hydrogen-bond acceptors (Lipinski definition) is 3. The van der Waals surface area contributed by atoms with Gasteiger partial charge in [-0.2, -0.15) is 0 Å². The maximum atomic E-state index is 12.5. The molecule has 128 valence electrons. The summed E-state index contributed by atoms with van der Waals surface area (Å²) in [7, 11) is 4.16. The lowest BCUT2D eigenvalue weighted by Gasteiger charge is -2.37. The van der Waals surface area contributed by atoms with E-state index in [1.807, 2.05) is 25.7 Å².